The molecule has 0 aromatic carbocycles. The lowest BCUT2D eigenvalue weighted by Crippen LogP contribution is -2.40. The molecule has 0 aliphatic heterocycles. The van der Waals surface area contributed by atoms with E-state index in [0.29, 0.717) is 12.1 Å². The molecule has 0 saturated heterocycles. The second kappa shape index (κ2) is 4.26. The van der Waals surface area contributed by atoms with Crippen LogP contribution in [0.2, 0.25) is 0 Å². The van der Waals surface area contributed by atoms with Crippen LogP contribution in [0.15, 0.2) is 11.8 Å². The minimum Gasteiger partial charge on any atom is -0.371 e. The van der Waals surface area contributed by atoms with E-state index in [1.807, 2.05) is 6.92 Å². The Hall–Kier alpha value is -0.830. The van der Waals surface area contributed by atoms with E-state index in [0.717, 1.165) is 0 Å². The van der Waals surface area contributed by atoms with Crippen LogP contribution in [-0.4, -0.2) is 16.6 Å². The van der Waals surface area contributed by atoms with E-state index in [1.54, 1.807) is 13.8 Å². The molecule has 0 rings (SSSR count). The van der Waals surface area contributed by atoms with Crippen LogP contribution < -0.4 is 5.32 Å². The third-order valence-corrected chi connectivity index (χ3v) is 1.57. The number of ketones is 1. The highest BCUT2D eigenvalue weighted by molar-refractivity contribution is 5.87. The quantitative estimate of drug-likeness (QED) is 0.493. The zero-order chi connectivity index (χ0) is 9.78. The first-order valence-corrected chi connectivity index (χ1v) is 4.07. The predicted molar refractivity (Wildman–Crippen MR) is 48.5 cm³/mol. The maximum atomic E-state index is 10.6. The van der Waals surface area contributed by atoms with Crippen LogP contribution in [0, 0.1) is 0 Å². The van der Waals surface area contributed by atoms with Crippen LogP contribution in [0.4, 0.5) is 0 Å². The topological polar surface area (TPSA) is 49.3 Å². The smallest absolute Gasteiger partial charge is 0.154 e. The average Bonchev–Trinajstić information content (AvgIpc) is 1.84. The number of hydrogen-bond acceptors (Lipinski definition) is 3. The van der Waals surface area contributed by atoms with Gasteiger partial charge in [0, 0.05) is 5.70 Å². The second-order valence-electron chi connectivity index (χ2n) is 3.19. The number of hydrogen-bond donors (Lipinski definition) is 2. The summed E-state index contributed by atoms with van der Waals surface area (Å²) in [7, 11) is 0. The van der Waals surface area contributed by atoms with Crippen molar-refractivity contribution in [1.82, 2.24) is 5.32 Å². The molecule has 70 valence electrons. The molecule has 0 aliphatic carbocycles. The lowest BCUT2D eigenvalue weighted by atomic mass is 10.2. The van der Waals surface area contributed by atoms with Gasteiger partial charge in [-0.2, -0.15) is 0 Å². The summed E-state index contributed by atoms with van der Waals surface area (Å²) in [5.41, 5.74) is -0.231. The molecular weight excluding hydrogens is 154 g/mol. The Bertz CT molecular complexity index is 195. The van der Waals surface area contributed by atoms with E-state index in [4.69, 9.17) is 0 Å². The molecule has 0 bridgehead atoms. The average molecular weight is 171 g/mol. The fourth-order valence-electron chi connectivity index (χ4n) is 0.854. The largest absolute Gasteiger partial charge is 0.371 e. The Morgan fingerprint density at radius 1 is 1.58 bits per heavy atom. The van der Waals surface area contributed by atoms with Crippen molar-refractivity contribution in [3.63, 3.8) is 0 Å². The van der Waals surface area contributed by atoms with E-state index < -0.39 is 5.72 Å². The minimum atomic E-state index is -0.921. The van der Waals surface area contributed by atoms with E-state index >= 15 is 0 Å². The number of rotatable bonds is 4. The van der Waals surface area contributed by atoms with Gasteiger partial charge >= 0.3 is 0 Å². The lowest BCUT2D eigenvalue weighted by Gasteiger charge is -2.24. The minimum absolute atomic E-state index is 0.0214. The van der Waals surface area contributed by atoms with Gasteiger partial charge in [-0.25, -0.2) is 0 Å². The molecule has 2 N–H and O–H groups in total. The summed E-state index contributed by atoms with van der Waals surface area (Å²) in [6, 6.07) is 0. The van der Waals surface area contributed by atoms with Gasteiger partial charge in [-0.3, -0.25) is 4.79 Å². The van der Waals surface area contributed by atoms with Crippen molar-refractivity contribution in [3.8, 4) is 0 Å². The molecule has 0 aliphatic rings. The van der Waals surface area contributed by atoms with E-state index in [9.17, 15) is 9.90 Å². The van der Waals surface area contributed by atoms with Gasteiger partial charge in [-0.05, 0) is 33.3 Å². The number of aliphatic hydroxyl groups is 1. The summed E-state index contributed by atoms with van der Waals surface area (Å²) < 4.78 is 0. The van der Waals surface area contributed by atoms with Crippen LogP contribution in [-0.2, 0) is 4.79 Å². The normalized spacial score (nSPS) is 16.9. The highest BCUT2D eigenvalue weighted by atomic mass is 16.3. The molecule has 0 heterocycles. The molecule has 0 spiro atoms. The third-order valence-electron chi connectivity index (χ3n) is 1.57. The summed E-state index contributed by atoms with van der Waals surface area (Å²) in [5.74, 6) is -0.0214. The summed E-state index contributed by atoms with van der Waals surface area (Å²) >= 11 is 0. The van der Waals surface area contributed by atoms with Crippen molar-refractivity contribution >= 4 is 5.78 Å². The monoisotopic (exact) mass is 171 g/mol. The van der Waals surface area contributed by atoms with Gasteiger partial charge in [0.15, 0.2) is 5.78 Å². The number of nitrogens with one attached hydrogen (secondary N) is 1. The van der Waals surface area contributed by atoms with Gasteiger partial charge in [0.25, 0.3) is 0 Å². The number of carbonyl (C=O) groups excluding carboxylic acids is 1. The molecule has 0 amide bonds. The highest BCUT2D eigenvalue weighted by Crippen LogP contribution is 2.06. The first-order chi connectivity index (χ1) is 5.37. The fourth-order valence-corrected chi connectivity index (χ4v) is 0.854. The van der Waals surface area contributed by atoms with Crippen LogP contribution in [0.1, 0.15) is 34.1 Å². The summed E-state index contributed by atoms with van der Waals surface area (Å²) in [4.78, 5) is 10.6. The van der Waals surface area contributed by atoms with Gasteiger partial charge in [0.2, 0.25) is 0 Å². The lowest BCUT2D eigenvalue weighted by molar-refractivity contribution is -0.112. The van der Waals surface area contributed by atoms with Gasteiger partial charge in [0.1, 0.15) is 5.72 Å². The summed E-state index contributed by atoms with van der Waals surface area (Å²) in [5, 5.41) is 12.4. The second-order valence-corrected chi connectivity index (χ2v) is 3.19. The molecule has 1 atom stereocenters. The maximum absolute atomic E-state index is 10.6. The van der Waals surface area contributed by atoms with Crippen molar-refractivity contribution in [1.29, 1.82) is 0 Å². The van der Waals surface area contributed by atoms with Crippen LogP contribution in [0.3, 0.4) is 0 Å². The standard InChI is InChI=1S/C9H17NO2/c1-5-9(4,12)10-7(2)6-8(3)11/h6,10,12H,5H2,1-4H3/b7-6-. The molecule has 12 heavy (non-hydrogen) atoms. The summed E-state index contributed by atoms with van der Waals surface area (Å²) in [6.45, 7) is 6.77. The Labute approximate surface area is 73.5 Å². The summed E-state index contributed by atoms with van der Waals surface area (Å²) in [6.07, 6.45) is 2.06. The van der Waals surface area contributed by atoms with Gasteiger partial charge in [-0.1, -0.05) is 6.92 Å². The Morgan fingerprint density at radius 3 is 2.42 bits per heavy atom. The number of carbonyl (C=O) groups is 1. The zero-order valence-electron chi connectivity index (χ0n) is 8.14. The highest BCUT2D eigenvalue weighted by Gasteiger charge is 2.15. The van der Waals surface area contributed by atoms with E-state index in [-0.39, 0.29) is 5.78 Å². The van der Waals surface area contributed by atoms with Crippen LogP contribution in [0.25, 0.3) is 0 Å². The van der Waals surface area contributed by atoms with Crippen LogP contribution in [0.5, 0.6) is 0 Å². The molecular formula is C9H17NO2. The molecule has 0 aromatic heterocycles. The molecule has 0 aromatic rings. The van der Waals surface area contributed by atoms with E-state index in [2.05, 4.69) is 5.32 Å². The molecule has 0 fully saturated rings. The Kier molecular flexibility index (Phi) is 3.96. The van der Waals surface area contributed by atoms with Crippen molar-refractivity contribution < 1.29 is 9.90 Å². The van der Waals surface area contributed by atoms with Crippen LogP contribution >= 0.6 is 0 Å². The van der Waals surface area contributed by atoms with Gasteiger partial charge < -0.3 is 10.4 Å². The predicted octanol–water partition coefficient (Wildman–Crippen LogP) is 1.19. The van der Waals surface area contributed by atoms with Crippen molar-refractivity contribution in [3.05, 3.63) is 11.8 Å². The Morgan fingerprint density at radius 2 is 2.08 bits per heavy atom. The van der Waals surface area contributed by atoms with Crippen molar-refractivity contribution in [2.24, 2.45) is 0 Å². The first kappa shape index (κ1) is 11.2. The molecule has 0 radical (unpaired) electrons. The van der Waals surface area contributed by atoms with E-state index in [1.165, 1.54) is 13.0 Å². The Balaban J connectivity index is 4.17. The SMILES string of the molecule is CCC(C)(O)N/C(C)=C\C(C)=O. The van der Waals surface area contributed by atoms with Gasteiger partial charge in [0.05, 0.1) is 0 Å². The number of allylic oxidation sites excluding steroid dienone is 2. The third kappa shape index (κ3) is 4.91. The van der Waals surface area contributed by atoms with Crippen molar-refractivity contribution in [2.45, 2.75) is 39.8 Å². The fraction of sp³-hybridized carbons (Fsp3) is 0.667. The van der Waals surface area contributed by atoms with Crippen molar-refractivity contribution in [2.75, 3.05) is 0 Å². The van der Waals surface area contributed by atoms with Gasteiger partial charge in [-0.15, -0.1) is 0 Å². The zero-order valence-corrected chi connectivity index (χ0v) is 8.14. The maximum Gasteiger partial charge on any atom is 0.154 e. The molecule has 0 saturated carbocycles. The molecule has 3 nitrogen and oxygen atoms in total. The molecule has 3 heteroatoms. The molecule has 1 unspecified atom stereocenters. The first-order valence-electron chi connectivity index (χ1n) is 4.07.